The number of amides is 2. The highest BCUT2D eigenvalue weighted by Gasteiger charge is 2.16. The summed E-state index contributed by atoms with van der Waals surface area (Å²) in [5.74, 6) is -0.568. The molecule has 0 aromatic heterocycles. The fourth-order valence-electron chi connectivity index (χ4n) is 1.99. The molecule has 0 radical (unpaired) electrons. The summed E-state index contributed by atoms with van der Waals surface area (Å²) in [6, 6.07) is 0. The Morgan fingerprint density at radius 1 is 1.08 bits per heavy atom. The quantitative estimate of drug-likeness (QED) is 0.333. The van der Waals surface area contributed by atoms with Crippen LogP contribution in [0, 0.1) is 0 Å². The fourth-order valence-corrected chi connectivity index (χ4v) is 1.99. The van der Waals surface area contributed by atoms with Gasteiger partial charge in [0.2, 0.25) is 5.91 Å². The summed E-state index contributed by atoms with van der Waals surface area (Å²) < 4.78 is 10.1. The summed E-state index contributed by atoms with van der Waals surface area (Å²) >= 11 is 0. The van der Waals surface area contributed by atoms with Crippen LogP contribution in [0.25, 0.3) is 0 Å². The van der Waals surface area contributed by atoms with Gasteiger partial charge in [0.25, 0.3) is 0 Å². The molecule has 0 aliphatic carbocycles. The van der Waals surface area contributed by atoms with E-state index in [2.05, 4.69) is 10.8 Å². The van der Waals surface area contributed by atoms with Crippen LogP contribution in [0.3, 0.4) is 0 Å². The van der Waals surface area contributed by atoms with Gasteiger partial charge in [0.1, 0.15) is 11.7 Å². The number of carbonyl (C=O) groups excluding carboxylic acids is 3. The Hall–Kier alpha value is -1.83. The smallest absolute Gasteiger partial charge is 0.431 e. The van der Waals surface area contributed by atoms with E-state index in [0.717, 1.165) is 32.1 Å². The van der Waals surface area contributed by atoms with Crippen molar-refractivity contribution in [1.29, 1.82) is 0 Å². The molecule has 0 bridgehead atoms. The monoisotopic (exact) mass is 360 g/mol. The van der Waals surface area contributed by atoms with E-state index in [4.69, 9.17) is 14.3 Å². The van der Waals surface area contributed by atoms with Crippen LogP contribution < -0.4 is 10.8 Å². The van der Waals surface area contributed by atoms with Gasteiger partial charge in [0, 0.05) is 13.5 Å². The number of ether oxygens (including phenoxy) is 2. The number of rotatable bonds is 11. The standard InChI is InChI=1S/C17H32N2O6/c1-6-14(24-13(2)20)10-8-7-9-11-18-15(21)12-23-19-16(22)25-17(3,4)5/h14H,6-12H2,1-5H3,(H,18,21)(H,19,22). The van der Waals surface area contributed by atoms with Gasteiger partial charge in [-0.05, 0) is 46.5 Å². The van der Waals surface area contributed by atoms with Gasteiger partial charge in [-0.2, -0.15) is 5.48 Å². The van der Waals surface area contributed by atoms with E-state index in [0.29, 0.717) is 6.54 Å². The van der Waals surface area contributed by atoms with Crippen molar-refractivity contribution in [3.8, 4) is 0 Å². The molecule has 1 atom stereocenters. The van der Waals surface area contributed by atoms with Gasteiger partial charge in [-0.15, -0.1) is 0 Å². The zero-order valence-corrected chi connectivity index (χ0v) is 16.0. The number of hydrogen-bond acceptors (Lipinski definition) is 6. The molecule has 8 nitrogen and oxygen atoms in total. The highest BCUT2D eigenvalue weighted by molar-refractivity contribution is 5.77. The molecule has 8 heteroatoms. The van der Waals surface area contributed by atoms with Crippen molar-refractivity contribution in [3.05, 3.63) is 0 Å². The minimum atomic E-state index is -0.737. The lowest BCUT2D eigenvalue weighted by Crippen LogP contribution is -2.36. The van der Waals surface area contributed by atoms with E-state index in [1.807, 2.05) is 6.92 Å². The first-order valence-corrected chi connectivity index (χ1v) is 8.68. The Kier molecular flexibility index (Phi) is 11.6. The Morgan fingerprint density at radius 3 is 2.32 bits per heavy atom. The maximum absolute atomic E-state index is 11.5. The van der Waals surface area contributed by atoms with Gasteiger partial charge in [-0.3, -0.25) is 14.4 Å². The van der Waals surface area contributed by atoms with Crippen LogP contribution in [0.1, 0.15) is 66.7 Å². The predicted octanol–water partition coefficient (Wildman–Crippen LogP) is 2.46. The normalized spacial score (nSPS) is 12.2. The maximum atomic E-state index is 11.5. The lowest BCUT2D eigenvalue weighted by molar-refractivity contribution is -0.146. The molecule has 0 saturated heterocycles. The summed E-state index contributed by atoms with van der Waals surface area (Å²) in [6.45, 7) is 8.84. The maximum Gasteiger partial charge on any atom is 0.431 e. The van der Waals surface area contributed by atoms with Gasteiger partial charge in [0.15, 0.2) is 6.61 Å². The van der Waals surface area contributed by atoms with Crippen molar-refractivity contribution < 1.29 is 28.7 Å². The first-order chi connectivity index (χ1) is 11.6. The van der Waals surface area contributed by atoms with Crippen LogP contribution in [0.5, 0.6) is 0 Å². The summed E-state index contributed by atoms with van der Waals surface area (Å²) in [5, 5.41) is 2.70. The third-order valence-corrected chi connectivity index (χ3v) is 3.07. The second kappa shape index (κ2) is 12.5. The van der Waals surface area contributed by atoms with Gasteiger partial charge < -0.3 is 14.8 Å². The number of unbranched alkanes of at least 4 members (excludes halogenated alkanes) is 2. The third-order valence-electron chi connectivity index (χ3n) is 3.07. The molecule has 0 heterocycles. The topological polar surface area (TPSA) is 103 Å². The summed E-state index contributed by atoms with van der Waals surface area (Å²) in [5.41, 5.74) is 1.43. The highest BCUT2D eigenvalue weighted by atomic mass is 16.7. The molecule has 0 fully saturated rings. The van der Waals surface area contributed by atoms with E-state index in [1.54, 1.807) is 20.8 Å². The van der Waals surface area contributed by atoms with Crippen molar-refractivity contribution in [2.75, 3.05) is 13.2 Å². The lowest BCUT2D eigenvalue weighted by Gasteiger charge is -2.19. The molecule has 1 unspecified atom stereocenters. The second-order valence-electron chi connectivity index (χ2n) is 6.73. The molecule has 25 heavy (non-hydrogen) atoms. The molecule has 0 saturated carbocycles. The van der Waals surface area contributed by atoms with Crippen LogP contribution in [0.4, 0.5) is 4.79 Å². The SMILES string of the molecule is CCC(CCCCCNC(=O)CONC(=O)OC(C)(C)C)OC(C)=O. The minimum absolute atomic E-state index is 0.0283. The van der Waals surface area contributed by atoms with Crippen LogP contribution in [0.15, 0.2) is 0 Å². The molecular formula is C17H32N2O6. The first-order valence-electron chi connectivity index (χ1n) is 8.68. The van der Waals surface area contributed by atoms with Gasteiger partial charge >= 0.3 is 12.1 Å². The number of esters is 1. The zero-order valence-electron chi connectivity index (χ0n) is 16.0. The van der Waals surface area contributed by atoms with Crippen molar-refractivity contribution in [3.63, 3.8) is 0 Å². The molecule has 0 aliphatic rings. The van der Waals surface area contributed by atoms with Crippen LogP contribution in [-0.2, 0) is 23.9 Å². The molecule has 0 spiro atoms. The van der Waals surface area contributed by atoms with Gasteiger partial charge in [-0.25, -0.2) is 4.79 Å². The molecule has 2 amide bonds. The van der Waals surface area contributed by atoms with Gasteiger partial charge in [0.05, 0.1) is 0 Å². The Bertz CT molecular complexity index is 420. The number of carbonyl (C=O) groups is 3. The lowest BCUT2D eigenvalue weighted by atomic mass is 10.1. The number of nitrogens with one attached hydrogen (secondary N) is 2. The van der Waals surface area contributed by atoms with E-state index in [9.17, 15) is 14.4 Å². The number of hydroxylamine groups is 1. The van der Waals surface area contributed by atoms with Crippen molar-refractivity contribution >= 4 is 18.0 Å². The van der Waals surface area contributed by atoms with E-state index >= 15 is 0 Å². The van der Waals surface area contributed by atoms with Crippen LogP contribution >= 0.6 is 0 Å². The Labute approximate surface area is 149 Å². The summed E-state index contributed by atoms with van der Waals surface area (Å²) in [7, 11) is 0. The molecular weight excluding hydrogens is 328 g/mol. The summed E-state index contributed by atoms with van der Waals surface area (Å²) in [6.07, 6.45) is 3.54. The minimum Gasteiger partial charge on any atom is -0.463 e. The van der Waals surface area contributed by atoms with E-state index in [-0.39, 0.29) is 24.6 Å². The average molecular weight is 360 g/mol. The molecule has 146 valence electrons. The Morgan fingerprint density at radius 2 is 1.76 bits per heavy atom. The molecule has 0 rings (SSSR count). The van der Waals surface area contributed by atoms with E-state index in [1.165, 1.54) is 6.92 Å². The van der Waals surface area contributed by atoms with Crippen molar-refractivity contribution in [2.24, 2.45) is 0 Å². The second-order valence-corrected chi connectivity index (χ2v) is 6.73. The first kappa shape index (κ1) is 23.2. The largest absolute Gasteiger partial charge is 0.463 e. The molecule has 2 N–H and O–H groups in total. The predicted molar refractivity (Wildman–Crippen MR) is 92.6 cm³/mol. The van der Waals surface area contributed by atoms with Crippen molar-refractivity contribution in [1.82, 2.24) is 10.8 Å². The van der Waals surface area contributed by atoms with Gasteiger partial charge in [-0.1, -0.05) is 13.3 Å². The zero-order chi connectivity index (χ0) is 19.3. The number of hydrogen-bond donors (Lipinski definition) is 2. The summed E-state index contributed by atoms with van der Waals surface area (Å²) in [4.78, 5) is 38.5. The third kappa shape index (κ3) is 15.4. The molecule has 0 aromatic carbocycles. The fraction of sp³-hybridized carbons (Fsp3) is 0.824. The molecule has 0 aliphatic heterocycles. The van der Waals surface area contributed by atoms with Crippen LogP contribution in [0.2, 0.25) is 0 Å². The molecule has 0 aromatic rings. The van der Waals surface area contributed by atoms with Crippen LogP contribution in [-0.4, -0.2) is 42.8 Å². The van der Waals surface area contributed by atoms with E-state index < -0.39 is 11.7 Å². The highest BCUT2D eigenvalue weighted by Crippen LogP contribution is 2.10. The van der Waals surface area contributed by atoms with Crippen molar-refractivity contribution in [2.45, 2.75) is 78.4 Å². The average Bonchev–Trinajstić information content (AvgIpc) is 2.47. The Balaban J connectivity index is 3.61.